The van der Waals surface area contributed by atoms with Gasteiger partial charge in [-0.05, 0) is 0 Å². The topological polar surface area (TPSA) is 0 Å². The van der Waals surface area contributed by atoms with Crippen molar-refractivity contribution in [3.8, 4) is 11.1 Å². The molecule has 0 saturated heterocycles. The Balaban J connectivity index is 1.30. The number of benzene rings is 4. The van der Waals surface area contributed by atoms with Crippen LogP contribution in [0, 0.1) is 5.92 Å². The van der Waals surface area contributed by atoms with Crippen LogP contribution in [0.5, 0.6) is 0 Å². The van der Waals surface area contributed by atoms with E-state index in [1.165, 1.54) is 58.2 Å². The summed E-state index contributed by atoms with van der Waals surface area (Å²) in [5.74, 6) is 2.33. The molecule has 0 bridgehead atoms. The third kappa shape index (κ3) is 4.03. The minimum absolute atomic E-state index is 0.449. The van der Waals surface area contributed by atoms with Crippen LogP contribution in [0.3, 0.4) is 0 Å². The molecule has 4 aromatic carbocycles. The van der Waals surface area contributed by atoms with Crippen LogP contribution in [0.4, 0.5) is 0 Å². The summed E-state index contributed by atoms with van der Waals surface area (Å²) >= 11 is 2.50. The van der Waals surface area contributed by atoms with Crippen molar-refractivity contribution in [1.29, 1.82) is 0 Å². The number of rotatable bonds is 6. The fourth-order valence-electron chi connectivity index (χ4n) is 7.68. The van der Waals surface area contributed by atoms with Gasteiger partial charge < -0.3 is 0 Å². The normalized spacial score (nSPS) is 23.3. The Kier molecular flexibility index (Phi) is 6.40. The third-order valence-corrected chi connectivity index (χ3v) is 9.58. The Morgan fingerprint density at radius 1 is 0.763 bits per heavy atom. The van der Waals surface area contributed by atoms with Crippen molar-refractivity contribution in [2.75, 3.05) is 0 Å². The molecule has 0 spiro atoms. The van der Waals surface area contributed by atoms with E-state index in [4.69, 9.17) is 0 Å². The first-order valence-corrected chi connectivity index (χ1v) is 14.7. The van der Waals surface area contributed by atoms with Crippen LogP contribution in [0.25, 0.3) is 17.2 Å². The van der Waals surface area contributed by atoms with Crippen LogP contribution in [0.1, 0.15) is 70.4 Å². The summed E-state index contributed by atoms with van der Waals surface area (Å²) in [7, 11) is 0. The summed E-state index contributed by atoms with van der Waals surface area (Å²) in [5.41, 5.74) is 13.1. The van der Waals surface area contributed by atoms with E-state index in [1.54, 1.807) is 11.1 Å². The van der Waals surface area contributed by atoms with E-state index in [0.717, 1.165) is 6.42 Å². The molecular formula is C37H31V+. The first-order chi connectivity index (χ1) is 18.8. The van der Waals surface area contributed by atoms with Gasteiger partial charge in [0.2, 0.25) is 0 Å². The molecule has 183 valence electrons. The van der Waals surface area contributed by atoms with Gasteiger partial charge in [0.1, 0.15) is 0 Å². The molecule has 4 atom stereocenters. The van der Waals surface area contributed by atoms with E-state index in [-0.39, 0.29) is 0 Å². The van der Waals surface area contributed by atoms with Gasteiger partial charge in [-0.15, -0.1) is 0 Å². The summed E-state index contributed by atoms with van der Waals surface area (Å²) in [6, 6.07) is 36.1. The fourth-order valence-corrected chi connectivity index (χ4v) is 7.92. The molecule has 0 N–H and O–H groups in total. The van der Waals surface area contributed by atoms with E-state index >= 15 is 0 Å². The molecule has 1 saturated carbocycles. The number of allylic oxidation sites excluding steroid dienone is 3. The van der Waals surface area contributed by atoms with Crippen LogP contribution in [-0.2, 0) is 23.4 Å². The van der Waals surface area contributed by atoms with Crippen LogP contribution in [0.15, 0.2) is 115 Å². The SMILES string of the molecule is [V+2]=[C-]C(=CC=Cc1ccccc1C1C2c3ccccc3-c3cccc(c32)C2CCCC21)Cc1ccccc1. The molecule has 0 nitrogen and oxygen atoms in total. The molecule has 7 rings (SSSR count). The van der Waals surface area contributed by atoms with E-state index < -0.39 is 0 Å². The maximum absolute atomic E-state index is 3.34. The van der Waals surface area contributed by atoms with Crippen LogP contribution in [0.2, 0.25) is 0 Å². The summed E-state index contributed by atoms with van der Waals surface area (Å²) in [6.45, 7) is 0. The van der Waals surface area contributed by atoms with Crippen molar-refractivity contribution in [2.45, 2.75) is 43.4 Å². The quantitative estimate of drug-likeness (QED) is 0.174. The Bertz CT molecular complexity index is 1560. The van der Waals surface area contributed by atoms with Crippen molar-refractivity contribution in [3.05, 3.63) is 148 Å². The molecule has 0 amide bonds. The van der Waals surface area contributed by atoms with Gasteiger partial charge in [-0.1, -0.05) is 12.1 Å². The zero-order chi connectivity index (χ0) is 25.5. The molecule has 3 aliphatic rings. The van der Waals surface area contributed by atoms with E-state index in [2.05, 4.69) is 137 Å². The zero-order valence-electron chi connectivity index (χ0n) is 21.6. The molecule has 4 aromatic rings. The molecular weight excluding hydrogens is 495 g/mol. The van der Waals surface area contributed by atoms with Crippen LogP contribution >= 0.6 is 0 Å². The summed E-state index contributed by atoms with van der Waals surface area (Å²) in [6.07, 6.45) is 11.7. The van der Waals surface area contributed by atoms with E-state index in [1.807, 2.05) is 0 Å². The number of hydrogen-bond donors (Lipinski definition) is 0. The average molecular weight is 527 g/mol. The summed E-state index contributed by atoms with van der Waals surface area (Å²) < 4.78 is 3.34. The Morgan fingerprint density at radius 3 is 2.37 bits per heavy atom. The standard InChI is InChI=1S/C37H31.V/c1-25(24-26-13-3-2-4-14-26)12-9-16-27-15-5-6-17-28(27)35-31-21-10-20-30(31)33-23-11-22-32-29-18-7-8-19-34(29)37(35)36(32)33;/h2-9,11-19,22-23,30-31,35,37H,10,20-21,24H2;/q-1;+2. The Morgan fingerprint density at radius 2 is 1.50 bits per heavy atom. The molecule has 1 heteroatoms. The van der Waals surface area contributed by atoms with Gasteiger partial charge in [-0.2, -0.15) is 0 Å². The van der Waals surface area contributed by atoms with Crippen LogP contribution in [-0.4, -0.2) is 4.73 Å². The maximum atomic E-state index is 3.34. The van der Waals surface area contributed by atoms with Crippen molar-refractivity contribution in [3.63, 3.8) is 0 Å². The van der Waals surface area contributed by atoms with E-state index in [0.29, 0.717) is 23.7 Å². The second-order valence-corrected chi connectivity index (χ2v) is 11.4. The molecule has 38 heavy (non-hydrogen) atoms. The molecule has 0 heterocycles. The van der Waals surface area contributed by atoms with Gasteiger partial charge in [0, 0.05) is 0 Å². The van der Waals surface area contributed by atoms with Gasteiger partial charge in [0.05, 0.1) is 0 Å². The van der Waals surface area contributed by atoms with Crippen molar-refractivity contribution >= 4 is 10.8 Å². The molecule has 0 aromatic heterocycles. The second-order valence-electron chi connectivity index (χ2n) is 11.1. The Hall–Kier alpha value is -3.19. The van der Waals surface area contributed by atoms with Gasteiger partial charge in [-0.3, -0.25) is 0 Å². The monoisotopic (exact) mass is 526 g/mol. The van der Waals surface area contributed by atoms with Gasteiger partial charge >= 0.3 is 224 Å². The minimum atomic E-state index is 0.449. The first kappa shape index (κ1) is 23.9. The molecule has 3 aliphatic carbocycles. The molecule has 0 aliphatic heterocycles. The van der Waals surface area contributed by atoms with Crippen molar-refractivity contribution in [2.24, 2.45) is 5.92 Å². The van der Waals surface area contributed by atoms with Gasteiger partial charge in [-0.25, -0.2) is 0 Å². The molecule has 4 unspecified atom stereocenters. The number of hydrogen-bond acceptors (Lipinski definition) is 0. The van der Waals surface area contributed by atoms with Gasteiger partial charge in [0.25, 0.3) is 0 Å². The second kappa shape index (κ2) is 10.2. The zero-order valence-corrected chi connectivity index (χ0v) is 23.0. The molecule has 1 fully saturated rings. The average Bonchev–Trinajstić information content (AvgIpc) is 3.59. The fraction of sp³-hybridized carbons (Fsp3) is 0.216. The predicted molar refractivity (Wildman–Crippen MR) is 155 cm³/mol. The van der Waals surface area contributed by atoms with Crippen molar-refractivity contribution in [1.82, 2.24) is 0 Å². The summed E-state index contributed by atoms with van der Waals surface area (Å²) in [5, 5.41) is 0. The van der Waals surface area contributed by atoms with Crippen molar-refractivity contribution < 1.29 is 17.0 Å². The molecule has 0 radical (unpaired) electrons. The van der Waals surface area contributed by atoms with E-state index in [9.17, 15) is 0 Å². The van der Waals surface area contributed by atoms with Gasteiger partial charge in [0.15, 0.2) is 0 Å². The van der Waals surface area contributed by atoms with Crippen LogP contribution < -0.4 is 0 Å². The third-order valence-electron chi connectivity index (χ3n) is 9.14. The summed E-state index contributed by atoms with van der Waals surface area (Å²) in [4.78, 5) is 0. The predicted octanol–water partition coefficient (Wildman–Crippen LogP) is 8.89. The first-order valence-electron chi connectivity index (χ1n) is 14.0. The number of fused-ring (bicyclic) bond motifs is 5. The Labute approximate surface area is 235 Å².